The number of rotatable bonds is 4. The van der Waals surface area contributed by atoms with Crippen LogP contribution in [0.15, 0.2) is 48.5 Å². The summed E-state index contributed by atoms with van der Waals surface area (Å²) >= 11 is 0. The topological polar surface area (TPSA) is 52.6 Å². The average molecular weight is 346 g/mol. The fraction of sp³-hybridized carbons (Fsp3) is 0.316. The first-order chi connectivity index (χ1) is 12.0. The van der Waals surface area contributed by atoms with Gasteiger partial charge in [-0.1, -0.05) is 36.4 Å². The SMILES string of the molecule is O=C1C[C@H](c2ccccc2)N(C[C@@H](O)c2ccc(F)c(F)c2)CCN1. The van der Waals surface area contributed by atoms with Crippen LogP contribution in [0.3, 0.4) is 0 Å². The minimum Gasteiger partial charge on any atom is -0.387 e. The van der Waals surface area contributed by atoms with Crippen molar-refractivity contribution in [3.63, 3.8) is 0 Å². The molecule has 2 aromatic rings. The van der Waals surface area contributed by atoms with E-state index in [0.29, 0.717) is 18.7 Å². The van der Waals surface area contributed by atoms with Crippen molar-refractivity contribution in [3.8, 4) is 0 Å². The zero-order valence-electron chi connectivity index (χ0n) is 13.7. The average Bonchev–Trinajstić information content (AvgIpc) is 2.79. The van der Waals surface area contributed by atoms with Gasteiger partial charge in [-0.15, -0.1) is 0 Å². The number of amides is 1. The molecule has 1 amide bonds. The molecule has 2 aromatic carbocycles. The van der Waals surface area contributed by atoms with E-state index >= 15 is 0 Å². The minimum absolute atomic E-state index is 0.0429. The van der Waals surface area contributed by atoms with Crippen LogP contribution in [-0.2, 0) is 4.79 Å². The largest absolute Gasteiger partial charge is 0.387 e. The number of halogens is 2. The molecule has 6 heteroatoms. The van der Waals surface area contributed by atoms with Crippen molar-refractivity contribution in [2.24, 2.45) is 0 Å². The van der Waals surface area contributed by atoms with Crippen molar-refractivity contribution in [1.82, 2.24) is 10.2 Å². The fourth-order valence-corrected chi connectivity index (χ4v) is 3.14. The van der Waals surface area contributed by atoms with Crippen molar-refractivity contribution in [1.29, 1.82) is 0 Å². The van der Waals surface area contributed by atoms with Crippen LogP contribution in [0.2, 0.25) is 0 Å². The lowest BCUT2D eigenvalue weighted by Gasteiger charge is -2.31. The van der Waals surface area contributed by atoms with E-state index in [1.54, 1.807) is 0 Å². The van der Waals surface area contributed by atoms with E-state index in [1.165, 1.54) is 6.07 Å². The molecule has 3 rings (SSSR count). The summed E-state index contributed by atoms with van der Waals surface area (Å²) in [6, 6.07) is 12.8. The predicted molar refractivity (Wildman–Crippen MR) is 89.7 cm³/mol. The minimum atomic E-state index is -0.983. The maximum absolute atomic E-state index is 13.4. The number of nitrogens with zero attached hydrogens (tertiary/aromatic N) is 1. The Balaban J connectivity index is 1.81. The number of carbonyl (C=O) groups excluding carboxylic acids is 1. The molecule has 2 atom stereocenters. The molecule has 1 saturated heterocycles. The Kier molecular flexibility index (Phi) is 5.40. The normalized spacial score (nSPS) is 20.0. The predicted octanol–water partition coefficient (Wildman–Crippen LogP) is 2.56. The van der Waals surface area contributed by atoms with Crippen LogP contribution in [0.4, 0.5) is 8.78 Å². The second-order valence-corrected chi connectivity index (χ2v) is 6.16. The molecule has 0 radical (unpaired) electrons. The van der Waals surface area contributed by atoms with Gasteiger partial charge < -0.3 is 10.4 Å². The molecule has 1 aliphatic heterocycles. The lowest BCUT2D eigenvalue weighted by molar-refractivity contribution is -0.121. The van der Waals surface area contributed by atoms with E-state index in [4.69, 9.17) is 0 Å². The van der Waals surface area contributed by atoms with Gasteiger partial charge in [0.15, 0.2) is 11.6 Å². The summed E-state index contributed by atoms with van der Waals surface area (Å²) in [6.07, 6.45) is -0.691. The molecule has 2 N–H and O–H groups in total. The summed E-state index contributed by atoms with van der Waals surface area (Å²) in [4.78, 5) is 14.0. The van der Waals surface area contributed by atoms with Gasteiger partial charge in [-0.3, -0.25) is 9.69 Å². The Hall–Kier alpha value is -2.31. The highest BCUT2D eigenvalue weighted by Gasteiger charge is 2.28. The third-order valence-electron chi connectivity index (χ3n) is 4.46. The number of benzene rings is 2. The quantitative estimate of drug-likeness (QED) is 0.895. The Morgan fingerprint density at radius 1 is 1.16 bits per heavy atom. The maximum Gasteiger partial charge on any atom is 0.221 e. The molecule has 25 heavy (non-hydrogen) atoms. The molecular weight excluding hydrogens is 326 g/mol. The second kappa shape index (κ2) is 7.72. The molecule has 4 nitrogen and oxygen atoms in total. The third-order valence-corrected chi connectivity index (χ3v) is 4.46. The maximum atomic E-state index is 13.4. The van der Waals surface area contributed by atoms with E-state index < -0.39 is 17.7 Å². The lowest BCUT2D eigenvalue weighted by atomic mass is 10.0. The van der Waals surface area contributed by atoms with Crippen molar-refractivity contribution >= 4 is 5.91 Å². The van der Waals surface area contributed by atoms with E-state index in [0.717, 1.165) is 17.7 Å². The highest BCUT2D eigenvalue weighted by Crippen LogP contribution is 2.28. The molecule has 1 heterocycles. The molecule has 0 saturated carbocycles. The van der Waals surface area contributed by atoms with Crippen LogP contribution in [0, 0.1) is 11.6 Å². The van der Waals surface area contributed by atoms with Gasteiger partial charge in [0.25, 0.3) is 0 Å². The molecule has 0 unspecified atom stereocenters. The summed E-state index contributed by atoms with van der Waals surface area (Å²) in [5.41, 5.74) is 1.30. The lowest BCUT2D eigenvalue weighted by Crippen LogP contribution is -2.34. The highest BCUT2D eigenvalue weighted by atomic mass is 19.2. The number of aliphatic hydroxyl groups is 1. The van der Waals surface area contributed by atoms with Gasteiger partial charge in [-0.05, 0) is 23.3 Å². The first-order valence-corrected chi connectivity index (χ1v) is 8.23. The van der Waals surface area contributed by atoms with Crippen molar-refractivity contribution in [3.05, 3.63) is 71.3 Å². The van der Waals surface area contributed by atoms with Gasteiger partial charge in [0, 0.05) is 32.1 Å². The van der Waals surface area contributed by atoms with Gasteiger partial charge >= 0.3 is 0 Å². The smallest absolute Gasteiger partial charge is 0.221 e. The molecule has 0 spiro atoms. The Labute approximate surface area is 145 Å². The van der Waals surface area contributed by atoms with Crippen LogP contribution < -0.4 is 5.32 Å². The zero-order valence-corrected chi connectivity index (χ0v) is 13.7. The number of aliphatic hydroxyl groups excluding tert-OH is 1. The van der Waals surface area contributed by atoms with Crippen LogP contribution in [0.25, 0.3) is 0 Å². The van der Waals surface area contributed by atoms with Gasteiger partial charge in [0.1, 0.15) is 0 Å². The van der Waals surface area contributed by atoms with Crippen molar-refractivity contribution in [2.45, 2.75) is 18.6 Å². The van der Waals surface area contributed by atoms with E-state index in [-0.39, 0.29) is 24.9 Å². The van der Waals surface area contributed by atoms with E-state index in [2.05, 4.69) is 5.32 Å². The van der Waals surface area contributed by atoms with E-state index in [1.807, 2.05) is 35.2 Å². The molecule has 1 aliphatic rings. The number of carbonyl (C=O) groups is 1. The molecule has 1 fully saturated rings. The number of hydrogen-bond donors (Lipinski definition) is 2. The van der Waals surface area contributed by atoms with Crippen LogP contribution in [0.1, 0.15) is 29.7 Å². The number of hydrogen-bond acceptors (Lipinski definition) is 3. The first kappa shape index (κ1) is 17.5. The van der Waals surface area contributed by atoms with Crippen LogP contribution in [-0.4, -0.2) is 35.5 Å². The fourth-order valence-electron chi connectivity index (χ4n) is 3.14. The van der Waals surface area contributed by atoms with E-state index in [9.17, 15) is 18.7 Å². The molecule has 132 valence electrons. The monoisotopic (exact) mass is 346 g/mol. The first-order valence-electron chi connectivity index (χ1n) is 8.23. The number of nitrogens with one attached hydrogen (secondary N) is 1. The Morgan fingerprint density at radius 3 is 2.64 bits per heavy atom. The van der Waals surface area contributed by atoms with Gasteiger partial charge in [0.05, 0.1) is 6.10 Å². The summed E-state index contributed by atoms with van der Waals surface area (Å²) in [7, 11) is 0. The summed E-state index contributed by atoms with van der Waals surface area (Å²) in [6.45, 7) is 1.26. The molecule has 0 aromatic heterocycles. The standard InChI is InChI=1S/C19H20F2N2O2/c20-15-7-6-14(10-16(15)21)18(24)12-23-9-8-22-19(25)11-17(23)13-4-2-1-3-5-13/h1-7,10,17-18,24H,8-9,11-12H2,(H,22,25)/t17-,18-/m1/s1. The Bertz CT molecular complexity index is 739. The highest BCUT2D eigenvalue weighted by molar-refractivity contribution is 5.77. The molecular formula is C19H20F2N2O2. The molecule has 0 aliphatic carbocycles. The van der Waals surface area contributed by atoms with Gasteiger partial charge in [-0.2, -0.15) is 0 Å². The van der Waals surface area contributed by atoms with Crippen molar-refractivity contribution in [2.75, 3.05) is 19.6 Å². The zero-order chi connectivity index (χ0) is 17.8. The third kappa shape index (κ3) is 4.21. The number of β-amino-alcohol motifs (C(OH)–C–C–N with tert-alkyl or cyclic N) is 1. The molecule has 0 bridgehead atoms. The Morgan fingerprint density at radius 2 is 1.92 bits per heavy atom. The van der Waals surface area contributed by atoms with Crippen LogP contribution in [0.5, 0.6) is 0 Å². The van der Waals surface area contributed by atoms with Crippen molar-refractivity contribution < 1.29 is 18.7 Å². The summed E-state index contributed by atoms with van der Waals surface area (Å²) < 4.78 is 26.5. The van der Waals surface area contributed by atoms with Crippen LogP contribution >= 0.6 is 0 Å². The summed E-state index contributed by atoms with van der Waals surface area (Å²) in [5, 5.41) is 13.3. The van der Waals surface area contributed by atoms with Gasteiger partial charge in [0.2, 0.25) is 5.91 Å². The second-order valence-electron chi connectivity index (χ2n) is 6.16. The summed E-state index contributed by atoms with van der Waals surface area (Å²) in [5.74, 6) is -1.97. The van der Waals surface area contributed by atoms with Gasteiger partial charge in [-0.25, -0.2) is 8.78 Å².